The number of benzene rings is 1. The second-order valence-electron chi connectivity index (χ2n) is 6.40. The summed E-state index contributed by atoms with van der Waals surface area (Å²) >= 11 is 0. The number of amides is 1. The number of likely N-dealkylation sites (N-methyl/N-ethyl adjacent to an activating group) is 1. The van der Waals surface area contributed by atoms with Crippen LogP contribution in [-0.4, -0.2) is 48.4 Å². The molecule has 4 heterocycles. The van der Waals surface area contributed by atoms with Crippen LogP contribution in [0.2, 0.25) is 0 Å². The highest BCUT2D eigenvalue weighted by molar-refractivity contribution is 5.96. The number of nitrogens with zero attached hydrogens (tertiary/aromatic N) is 2. The number of piperidine rings is 1. The van der Waals surface area contributed by atoms with Gasteiger partial charge in [0.1, 0.15) is 5.58 Å². The van der Waals surface area contributed by atoms with Crippen molar-refractivity contribution in [1.29, 1.82) is 0 Å². The lowest BCUT2D eigenvalue weighted by Crippen LogP contribution is -2.41. The summed E-state index contributed by atoms with van der Waals surface area (Å²) in [7, 11) is 2.17. The average molecular weight is 284 g/mol. The second kappa shape index (κ2) is 4.88. The molecule has 5 rings (SSSR count). The highest BCUT2D eigenvalue weighted by atomic mass is 16.3. The van der Waals surface area contributed by atoms with Gasteiger partial charge in [-0.2, -0.15) is 0 Å². The Morgan fingerprint density at radius 3 is 2.86 bits per heavy atom. The fourth-order valence-electron chi connectivity index (χ4n) is 3.73. The van der Waals surface area contributed by atoms with Gasteiger partial charge in [-0.3, -0.25) is 4.79 Å². The van der Waals surface area contributed by atoms with E-state index in [1.54, 1.807) is 0 Å². The monoisotopic (exact) mass is 284 g/mol. The molecule has 4 nitrogen and oxygen atoms in total. The summed E-state index contributed by atoms with van der Waals surface area (Å²) in [5, 5.41) is 0.996. The summed E-state index contributed by atoms with van der Waals surface area (Å²) < 4.78 is 5.74. The molecular weight excluding hydrogens is 264 g/mol. The molecule has 3 aliphatic heterocycles. The molecule has 2 aromatic rings. The maximum atomic E-state index is 12.8. The van der Waals surface area contributed by atoms with Gasteiger partial charge in [-0.1, -0.05) is 18.2 Å². The molecule has 3 fully saturated rings. The normalized spacial score (nSPS) is 26.2. The number of hydrogen-bond donors (Lipinski definition) is 0. The van der Waals surface area contributed by atoms with Crippen LogP contribution in [-0.2, 0) is 0 Å². The number of carbonyl (C=O) groups is 1. The summed E-state index contributed by atoms with van der Waals surface area (Å²) in [6.45, 7) is 2.79. The minimum absolute atomic E-state index is 0.0402. The lowest BCUT2D eigenvalue weighted by molar-refractivity contribution is 0.0713. The lowest BCUT2D eigenvalue weighted by atomic mass is 9.96. The molecular formula is C17H20N2O2. The van der Waals surface area contributed by atoms with E-state index < -0.39 is 0 Å². The highest BCUT2D eigenvalue weighted by Crippen LogP contribution is 2.28. The Hall–Kier alpha value is -1.81. The topological polar surface area (TPSA) is 36.7 Å². The molecule has 0 radical (unpaired) electrons. The fourth-order valence-corrected chi connectivity index (χ4v) is 3.73. The minimum atomic E-state index is 0.0402. The Morgan fingerprint density at radius 1 is 1.19 bits per heavy atom. The maximum absolute atomic E-state index is 12.8. The van der Waals surface area contributed by atoms with Gasteiger partial charge in [0.05, 0.1) is 0 Å². The van der Waals surface area contributed by atoms with Crippen molar-refractivity contribution in [2.75, 3.05) is 26.7 Å². The number of carbonyl (C=O) groups excluding carboxylic acids is 1. The largest absolute Gasteiger partial charge is 0.451 e. The van der Waals surface area contributed by atoms with Gasteiger partial charge in [0, 0.05) is 31.1 Å². The molecule has 4 heteroatoms. The Labute approximate surface area is 124 Å². The van der Waals surface area contributed by atoms with Crippen LogP contribution in [0.25, 0.3) is 11.0 Å². The van der Waals surface area contributed by atoms with Crippen LogP contribution < -0.4 is 0 Å². The van der Waals surface area contributed by atoms with Crippen molar-refractivity contribution in [2.24, 2.45) is 5.92 Å². The molecule has 0 N–H and O–H groups in total. The quantitative estimate of drug-likeness (QED) is 0.807. The van der Waals surface area contributed by atoms with E-state index in [2.05, 4.69) is 11.9 Å². The van der Waals surface area contributed by atoms with Gasteiger partial charge in [-0.15, -0.1) is 0 Å². The van der Waals surface area contributed by atoms with Crippen LogP contribution in [0.15, 0.2) is 34.7 Å². The maximum Gasteiger partial charge on any atom is 0.289 e. The first kappa shape index (κ1) is 12.9. The summed E-state index contributed by atoms with van der Waals surface area (Å²) in [6, 6.07) is 10.2. The van der Waals surface area contributed by atoms with Crippen molar-refractivity contribution in [2.45, 2.75) is 18.9 Å². The predicted molar refractivity (Wildman–Crippen MR) is 81.3 cm³/mol. The first-order valence-corrected chi connectivity index (χ1v) is 7.69. The molecule has 0 unspecified atom stereocenters. The number of fused-ring (bicyclic) bond motifs is 5. The zero-order chi connectivity index (χ0) is 14.4. The smallest absolute Gasteiger partial charge is 0.289 e. The highest BCUT2D eigenvalue weighted by Gasteiger charge is 2.35. The molecule has 1 amide bonds. The van der Waals surface area contributed by atoms with Crippen molar-refractivity contribution in [1.82, 2.24) is 9.80 Å². The van der Waals surface area contributed by atoms with Crippen molar-refractivity contribution in [3.05, 3.63) is 36.1 Å². The number of rotatable bonds is 1. The third-order valence-corrected chi connectivity index (χ3v) is 4.91. The number of hydrogen-bond acceptors (Lipinski definition) is 3. The van der Waals surface area contributed by atoms with E-state index in [0.717, 1.165) is 30.6 Å². The fraction of sp³-hybridized carbons (Fsp3) is 0.471. The Morgan fingerprint density at radius 2 is 2.05 bits per heavy atom. The van der Waals surface area contributed by atoms with Gasteiger partial charge in [0.2, 0.25) is 0 Å². The molecule has 2 atom stereocenters. The Kier molecular flexibility index (Phi) is 3.00. The third kappa shape index (κ3) is 2.23. The second-order valence-corrected chi connectivity index (χ2v) is 6.40. The van der Waals surface area contributed by atoms with Gasteiger partial charge in [0.25, 0.3) is 5.91 Å². The summed E-state index contributed by atoms with van der Waals surface area (Å²) in [5.41, 5.74) is 0.788. The van der Waals surface area contributed by atoms with E-state index in [4.69, 9.17) is 4.42 Å². The van der Waals surface area contributed by atoms with Gasteiger partial charge in [0.15, 0.2) is 5.76 Å². The molecule has 3 aliphatic rings. The van der Waals surface area contributed by atoms with Gasteiger partial charge < -0.3 is 14.2 Å². The molecule has 0 saturated carbocycles. The van der Waals surface area contributed by atoms with Crippen molar-refractivity contribution >= 4 is 16.9 Å². The van der Waals surface area contributed by atoms with Crippen LogP contribution in [0, 0.1) is 5.92 Å². The van der Waals surface area contributed by atoms with Gasteiger partial charge >= 0.3 is 0 Å². The van der Waals surface area contributed by atoms with E-state index >= 15 is 0 Å². The van der Waals surface area contributed by atoms with Gasteiger partial charge in [-0.05, 0) is 37.9 Å². The van der Waals surface area contributed by atoms with E-state index in [-0.39, 0.29) is 5.91 Å². The molecule has 0 spiro atoms. The van der Waals surface area contributed by atoms with E-state index in [1.807, 2.05) is 35.2 Å². The molecule has 2 bridgehead atoms. The molecule has 110 valence electrons. The summed E-state index contributed by atoms with van der Waals surface area (Å²) in [5.74, 6) is 1.11. The zero-order valence-corrected chi connectivity index (χ0v) is 12.3. The van der Waals surface area contributed by atoms with E-state index in [0.29, 0.717) is 17.7 Å². The minimum Gasteiger partial charge on any atom is -0.451 e. The summed E-state index contributed by atoms with van der Waals surface area (Å²) in [6.07, 6.45) is 2.43. The van der Waals surface area contributed by atoms with E-state index in [1.165, 1.54) is 12.8 Å². The molecule has 0 aliphatic carbocycles. The van der Waals surface area contributed by atoms with E-state index in [9.17, 15) is 4.79 Å². The van der Waals surface area contributed by atoms with Crippen molar-refractivity contribution in [3.63, 3.8) is 0 Å². The zero-order valence-electron chi connectivity index (χ0n) is 12.3. The first-order chi connectivity index (χ1) is 10.2. The molecule has 3 saturated heterocycles. The lowest BCUT2D eigenvalue weighted by Gasteiger charge is -2.32. The van der Waals surface area contributed by atoms with Crippen LogP contribution >= 0.6 is 0 Å². The SMILES string of the molecule is CN1C[C@@H]2CC[C@H]1CN(C(=O)c1cc3ccccc3o1)C2. The molecule has 1 aromatic carbocycles. The number of para-hydroxylation sites is 1. The standard InChI is InChI=1S/C17H20N2O2/c1-18-9-12-6-7-14(18)11-19(10-12)17(20)16-8-13-4-2-3-5-15(13)21-16/h2-5,8,12,14H,6-7,9-11H2,1H3/t12-,14-/m0/s1. The van der Waals surface area contributed by atoms with Crippen LogP contribution in [0.4, 0.5) is 0 Å². The first-order valence-electron chi connectivity index (χ1n) is 7.69. The van der Waals surface area contributed by atoms with Crippen LogP contribution in [0.5, 0.6) is 0 Å². The predicted octanol–water partition coefficient (Wildman–Crippen LogP) is 2.60. The molecule has 1 aromatic heterocycles. The average Bonchev–Trinajstić information content (AvgIpc) is 2.73. The van der Waals surface area contributed by atoms with Gasteiger partial charge in [-0.25, -0.2) is 0 Å². The van der Waals surface area contributed by atoms with Crippen molar-refractivity contribution in [3.8, 4) is 0 Å². The number of furan rings is 1. The summed E-state index contributed by atoms with van der Waals surface area (Å²) in [4.78, 5) is 17.2. The van der Waals surface area contributed by atoms with Crippen LogP contribution in [0.3, 0.4) is 0 Å². The Balaban J connectivity index is 1.62. The van der Waals surface area contributed by atoms with Crippen LogP contribution in [0.1, 0.15) is 23.4 Å². The van der Waals surface area contributed by atoms with Crippen molar-refractivity contribution < 1.29 is 9.21 Å². The third-order valence-electron chi connectivity index (χ3n) is 4.91. The Bertz CT molecular complexity index is 645. The molecule has 21 heavy (non-hydrogen) atoms.